The van der Waals surface area contributed by atoms with Crippen molar-refractivity contribution in [3.63, 3.8) is 0 Å². The second-order valence-electron chi connectivity index (χ2n) is 5.05. The van der Waals surface area contributed by atoms with Crippen LogP contribution in [0.1, 0.15) is 20.1 Å². The number of nitrogens with zero attached hydrogens (tertiary/aromatic N) is 4. The van der Waals surface area contributed by atoms with Gasteiger partial charge in [0.2, 0.25) is 0 Å². The highest BCUT2D eigenvalue weighted by atomic mass is 16.5. The molecule has 3 N–H and O–H groups in total. The van der Waals surface area contributed by atoms with E-state index in [9.17, 15) is 5.11 Å². The van der Waals surface area contributed by atoms with E-state index >= 15 is 0 Å². The molecule has 0 spiro atoms. The van der Waals surface area contributed by atoms with Gasteiger partial charge in [-0.2, -0.15) is 0 Å². The number of nitrogen functional groups attached to an aromatic ring is 1. The van der Waals surface area contributed by atoms with Gasteiger partial charge in [0.05, 0.1) is 19.0 Å². The zero-order valence-electron chi connectivity index (χ0n) is 10.9. The van der Waals surface area contributed by atoms with Gasteiger partial charge in [-0.25, -0.2) is 15.0 Å². The van der Waals surface area contributed by atoms with Gasteiger partial charge in [-0.15, -0.1) is 0 Å². The number of hydrogen-bond acceptors (Lipinski definition) is 6. The SMILES string of the molecule is CC1C(C)[C@@H](CO)O[C@H]1n1cnc2c(N)ncnc21. The number of aliphatic hydroxyl groups is 1. The van der Waals surface area contributed by atoms with Crippen molar-refractivity contribution in [2.75, 3.05) is 12.3 Å². The Hall–Kier alpha value is -1.73. The Balaban J connectivity index is 2.04. The molecule has 3 rings (SSSR count). The van der Waals surface area contributed by atoms with E-state index in [1.165, 1.54) is 6.33 Å². The van der Waals surface area contributed by atoms with Crippen LogP contribution < -0.4 is 5.73 Å². The van der Waals surface area contributed by atoms with Crippen LogP contribution in [0.4, 0.5) is 5.82 Å². The van der Waals surface area contributed by atoms with Crippen LogP contribution in [-0.2, 0) is 4.74 Å². The van der Waals surface area contributed by atoms with Crippen molar-refractivity contribution in [1.82, 2.24) is 19.5 Å². The lowest BCUT2D eigenvalue weighted by Gasteiger charge is -2.17. The van der Waals surface area contributed by atoms with Crippen LogP contribution in [0.15, 0.2) is 12.7 Å². The largest absolute Gasteiger partial charge is 0.394 e. The molecule has 0 saturated carbocycles. The molecular weight excluding hydrogens is 246 g/mol. The molecule has 0 aliphatic carbocycles. The minimum atomic E-state index is -0.188. The molecular formula is C12H17N5O2. The summed E-state index contributed by atoms with van der Waals surface area (Å²) in [4.78, 5) is 12.4. The molecule has 2 aromatic heterocycles. The fraction of sp³-hybridized carbons (Fsp3) is 0.583. The lowest BCUT2D eigenvalue weighted by atomic mass is 9.93. The van der Waals surface area contributed by atoms with Gasteiger partial charge in [-0.3, -0.25) is 4.57 Å². The van der Waals surface area contributed by atoms with Crippen molar-refractivity contribution in [2.24, 2.45) is 11.8 Å². The number of imidazole rings is 1. The van der Waals surface area contributed by atoms with Crippen LogP contribution in [0.2, 0.25) is 0 Å². The number of hydrogen-bond donors (Lipinski definition) is 2. The number of nitrogens with two attached hydrogens (primary N) is 1. The quantitative estimate of drug-likeness (QED) is 0.821. The maximum absolute atomic E-state index is 9.33. The Kier molecular flexibility index (Phi) is 2.87. The average Bonchev–Trinajstić information content (AvgIpc) is 2.94. The number of aromatic nitrogens is 4. The standard InChI is InChI=1S/C12H17N5O2/c1-6-7(2)12(19-8(6)3-18)17-5-16-9-10(13)14-4-15-11(9)17/h4-8,12,18H,3H2,1-2H3,(H2,13,14,15)/t6?,7?,8-,12-/m1/s1. The maximum Gasteiger partial charge on any atom is 0.167 e. The lowest BCUT2D eigenvalue weighted by Crippen LogP contribution is -2.19. The van der Waals surface area contributed by atoms with Gasteiger partial charge in [0.1, 0.15) is 18.1 Å². The summed E-state index contributed by atoms with van der Waals surface area (Å²) >= 11 is 0. The first kappa shape index (κ1) is 12.3. The smallest absolute Gasteiger partial charge is 0.167 e. The number of rotatable bonds is 2. The molecule has 2 aromatic rings. The molecule has 4 atom stereocenters. The van der Waals surface area contributed by atoms with Crippen molar-refractivity contribution >= 4 is 17.0 Å². The molecule has 7 nitrogen and oxygen atoms in total. The van der Waals surface area contributed by atoms with Crippen LogP contribution >= 0.6 is 0 Å². The van der Waals surface area contributed by atoms with Crippen LogP contribution in [0.5, 0.6) is 0 Å². The number of anilines is 1. The minimum absolute atomic E-state index is 0.0196. The fourth-order valence-corrected chi connectivity index (χ4v) is 2.61. The molecule has 0 aromatic carbocycles. The molecule has 102 valence electrons. The molecule has 2 unspecified atom stereocenters. The highest BCUT2D eigenvalue weighted by Gasteiger charge is 2.40. The van der Waals surface area contributed by atoms with E-state index in [4.69, 9.17) is 10.5 Å². The van der Waals surface area contributed by atoms with Crippen molar-refractivity contribution in [3.8, 4) is 0 Å². The molecule has 0 radical (unpaired) electrons. The van der Waals surface area contributed by atoms with E-state index in [1.807, 2.05) is 4.57 Å². The van der Waals surface area contributed by atoms with Crippen LogP contribution in [0.3, 0.4) is 0 Å². The van der Waals surface area contributed by atoms with E-state index < -0.39 is 0 Å². The van der Waals surface area contributed by atoms with E-state index in [0.29, 0.717) is 17.0 Å². The van der Waals surface area contributed by atoms with Crippen molar-refractivity contribution in [3.05, 3.63) is 12.7 Å². The van der Waals surface area contributed by atoms with Gasteiger partial charge in [0.25, 0.3) is 0 Å². The van der Waals surface area contributed by atoms with Gasteiger partial charge < -0.3 is 15.6 Å². The Morgan fingerprint density at radius 1 is 1.32 bits per heavy atom. The van der Waals surface area contributed by atoms with E-state index in [2.05, 4.69) is 28.8 Å². The van der Waals surface area contributed by atoms with Crippen molar-refractivity contribution in [2.45, 2.75) is 26.2 Å². The maximum atomic E-state index is 9.33. The van der Waals surface area contributed by atoms with Crippen LogP contribution in [0, 0.1) is 11.8 Å². The molecule has 1 aliphatic rings. The summed E-state index contributed by atoms with van der Waals surface area (Å²) < 4.78 is 7.76. The summed E-state index contributed by atoms with van der Waals surface area (Å²) in [6.45, 7) is 4.20. The predicted molar refractivity (Wildman–Crippen MR) is 69.1 cm³/mol. The molecule has 19 heavy (non-hydrogen) atoms. The van der Waals surface area contributed by atoms with Gasteiger partial charge in [0.15, 0.2) is 11.5 Å². The molecule has 1 aliphatic heterocycles. The van der Waals surface area contributed by atoms with Crippen LogP contribution in [-0.4, -0.2) is 37.3 Å². The summed E-state index contributed by atoms with van der Waals surface area (Å²) in [5.74, 6) is 0.888. The lowest BCUT2D eigenvalue weighted by molar-refractivity contribution is -0.0336. The number of aliphatic hydroxyl groups excluding tert-OH is 1. The first-order valence-electron chi connectivity index (χ1n) is 6.32. The Labute approximate surface area is 110 Å². The van der Waals surface area contributed by atoms with Gasteiger partial charge in [-0.1, -0.05) is 13.8 Å². The van der Waals surface area contributed by atoms with Crippen molar-refractivity contribution < 1.29 is 9.84 Å². The fourth-order valence-electron chi connectivity index (χ4n) is 2.61. The Morgan fingerprint density at radius 3 is 2.79 bits per heavy atom. The summed E-state index contributed by atoms with van der Waals surface area (Å²) in [6, 6.07) is 0. The molecule has 7 heteroatoms. The first-order chi connectivity index (χ1) is 9.13. The first-order valence-corrected chi connectivity index (χ1v) is 6.32. The molecule has 3 heterocycles. The third-order valence-electron chi connectivity index (χ3n) is 4.02. The van der Waals surface area contributed by atoms with Gasteiger partial charge >= 0.3 is 0 Å². The third kappa shape index (κ3) is 1.77. The van der Waals surface area contributed by atoms with Crippen molar-refractivity contribution in [1.29, 1.82) is 0 Å². The Bertz CT molecular complexity index is 599. The summed E-state index contributed by atoms with van der Waals surface area (Å²) in [6.07, 6.45) is 2.74. The minimum Gasteiger partial charge on any atom is -0.394 e. The molecule has 1 fully saturated rings. The number of ether oxygens (including phenoxy) is 1. The summed E-state index contributed by atoms with van der Waals surface area (Å²) in [5, 5.41) is 9.33. The topological polar surface area (TPSA) is 99.1 Å². The van der Waals surface area contributed by atoms with E-state index in [-0.39, 0.29) is 30.8 Å². The molecule has 1 saturated heterocycles. The molecule has 0 bridgehead atoms. The second kappa shape index (κ2) is 4.43. The summed E-state index contributed by atoms with van der Waals surface area (Å²) in [5.41, 5.74) is 7.02. The highest BCUT2D eigenvalue weighted by Crippen LogP contribution is 2.39. The highest BCUT2D eigenvalue weighted by molar-refractivity contribution is 5.81. The Morgan fingerprint density at radius 2 is 2.11 bits per heavy atom. The van der Waals surface area contributed by atoms with Gasteiger partial charge in [-0.05, 0) is 5.92 Å². The predicted octanol–water partition coefficient (Wildman–Crippen LogP) is 0.570. The van der Waals surface area contributed by atoms with Crippen LogP contribution in [0.25, 0.3) is 11.2 Å². The van der Waals surface area contributed by atoms with Gasteiger partial charge in [0, 0.05) is 5.92 Å². The molecule has 0 amide bonds. The monoisotopic (exact) mass is 263 g/mol. The number of fused-ring (bicyclic) bond motifs is 1. The van der Waals surface area contributed by atoms with E-state index in [1.54, 1.807) is 6.33 Å². The second-order valence-corrected chi connectivity index (χ2v) is 5.05. The summed E-state index contributed by atoms with van der Waals surface area (Å²) in [7, 11) is 0. The third-order valence-corrected chi connectivity index (χ3v) is 4.02. The average molecular weight is 263 g/mol. The zero-order chi connectivity index (χ0) is 13.6. The zero-order valence-corrected chi connectivity index (χ0v) is 10.9. The normalized spacial score (nSPS) is 31.1. The van der Waals surface area contributed by atoms with E-state index in [0.717, 1.165) is 0 Å².